The van der Waals surface area contributed by atoms with Crippen molar-refractivity contribution in [2.24, 2.45) is 0 Å². The van der Waals surface area contributed by atoms with Gasteiger partial charge in [0, 0.05) is 23.6 Å². The number of pyridine rings is 1. The molecule has 0 amide bonds. The molecule has 1 aromatic heterocycles. The van der Waals surface area contributed by atoms with E-state index >= 15 is 0 Å². The molecule has 3 aromatic rings. The quantitative estimate of drug-likeness (QED) is 0.496. The minimum Gasteiger partial charge on any atom is -0.497 e. The maximum Gasteiger partial charge on any atom is 0.341 e. The molecule has 0 unspecified atom stereocenters. The smallest absolute Gasteiger partial charge is 0.341 e. The number of hydrogen-bond donors (Lipinski definition) is 0. The van der Waals surface area contributed by atoms with E-state index in [0.29, 0.717) is 23.2 Å². The van der Waals surface area contributed by atoms with Crippen LogP contribution < -0.4 is 4.74 Å². The van der Waals surface area contributed by atoms with Gasteiger partial charge < -0.3 is 14.0 Å². The van der Waals surface area contributed by atoms with Crippen LogP contribution in [0.15, 0.2) is 54.7 Å². The number of aromatic nitrogens is 1. The number of ether oxygens (including phenoxy) is 2. The van der Waals surface area contributed by atoms with Crippen LogP contribution in [-0.2, 0) is 11.3 Å². The number of carbonyl (C=O) groups excluding carboxylic acids is 1. The summed E-state index contributed by atoms with van der Waals surface area (Å²) in [6, 6.07) is 15.7. The molecule has 0 radical (unpaired) electrons. The van der Waals surface area contributed by atoms with Crippen molar-refractivity contribution in [1.29, 1.82) is 0 Å². The number of para-hydroxylation sites is 1. The molecular weight excluding hydrogens is 334 g/mol. The van der Waals surface area contributed by atoms with Crippen LogP contribution in [0.5, 0.6) is 5.75 Å². The predicted octanol–water partition coefficient (Wildman–Crippen LogP) is 4.60. The van der Waals surface area contributed by atoms with Crippen molar-refractivity contribution in [1.82, 2.24) is 4.57 Å². The van der Waals surface area contributed by atoms with Gasteiger partial charge in [-0.25, -0.2) is 4.79 Å². The van der Waals surface area contributed by atoms with Crippen LogP contribution in [0.2, 0.25) is 0 Å². The van der Waals surface area contributed by atoms with Crippen molar-refractivity contribution >= 4 is 29.1 Å². The molecule has 0 N–H and O–H groups in total. The lowest BCUT2D eigenvalue weighted by Gasteiger charge is -2.14. The zero-order valence-electron chi connectivity index (χ0n) is 14.2. The highest BCUT2D eigenvalue weighted by molar-refractivity contribution is 7.71. The van der Waals surface area contributed by atoms with Gasteiger partial charge in [-0.15, -0.1) is 0 Å². The van der Waals surface area contributed by atoms with Crippen LogP contribution in [0.25, 0.3) is 10.9 Å². The molecule has 0 fully saturated rings. The summed E-state index contributed by atoms with van der Waals surface area (Å²) in [4.78, 5) is 12.3. The molecule has 3 rings (SSSR count). The number of fused-ring (bicyclic) bond motifs is 1. The first-order chi connectivity index (χ1) is 12.1. The number of rotatable bonds is 5. The molecule has 0 saturated heterocycles. The molecule has 25 heavy (non-hydrogen) atoms. The highest BCUT2D eigenvalue weighted by Crippen LogP contribution is 2.22. The second kappa shape index (κ2) is 7.49. The summed E-state index contributed by atoms with van der Waals surface area (Å²) in [7, 11) is 1.64. The molecule has 1 heterocycles. The number of methoxy groups -OCH3 is 1. The Morgan fingerprint density at radius 3 is 2.52 bits per heavy atom. The lowest BCUT2D eigenvalue weighted by atomic mass is 10.1. The fourth-order valence-corrected chi connectivity index (χ4v) is 3.07. The third kappa shape index (κ3) is 3.56. The van der Waals surface area contributed by atoms with Crippen molar-refractivity contribution in [3.63, 3.8) is 0 Å². The van der Waals surface area contributed by atoms with Gasteiger partial charge in [-0.05, 0) is 30.7 Å². The number of benzene rings is 2. The van der Waals surface area contributed by atoms with Crippen LogP contribution in [-0.4, -0.2) is 24.3 Å². The van der Waals surface area contributed by atoms with E-state index in [1.54, 1.807) is 20.2 Å². The maximum absolute atomic E-state index is 12.3. The Morgan fingerprint density at radius 2 is 1.84 bits per heavy atom. The maximum atomic E-state index is 12.3. The van der Waals surface area contributed by atoms with Crippen LogP contribution in [0.3, 0.4) is 0 Å². The minimum atomic E-state index is -0.387. The van der Waals surface area contributed by atoms with Gasteiger partial charge in [0.2, 0.25) is 0 Å². The van der Waals surface area contributed by atoms with Crippen molar-refractivity contribution in [3.05, 3.63) is 70.4 Å². The monoisotopic (exact) mass is 353 g/mol. The Kier molecular flexibility index (Phi) is 5.14. The Morgan fingerprint density at radius 1 is 1.12 bits per heavy atom. The lowest BCUT2D eigenvalue weighted by molar-refractivity contribution is 0.0525. The average Bonchev–Trinajstić information content (AvgIpc) is 2.65. The van der Waals surface area contributed by atoms with Gasteiger partial charge in [-0.3, -0.25) is 0 Å². The summed E-state index contributed by atoms with van der Waals surface area (Å²) in [5, 5.41) is 0.872. The summed E-state index contributed by atoms with van der Waals surface area (Å²) in [6.45, 7) is 2.72. The van der Waals surface area contributed by atoms with E-state index in [1.807, 2.05) is 53.1 Å². The molecule has 0 atom stereocenters. The molecule has 0 aliphatic rings. The van der Waals surface area contributed by atoms with Gasteiger partial charge in [0.25, 0.3) is 0 Å². The van der Waals surface area contributed by atoms with Crippen LogP contribution in [0, 0.1) is 4.51 Å². The molecule has 0 aliphatic carbocycles. The Balaban J connectivity index is 2.10. The molecule has 0 spiro atoms. The van der Waals surface area contributed by atoms with E-state index < -0.39 is 0 Å². The predicted molar refractivity (Wildman–Crippen MR) is 101 cm³/mol. The molecule has 5 heteroatoms. The number of esters is 1. The molecule has 0 saturated carbocycles. The molecule has 4 nitrogen and oxygen atoms in total. The molecule has 0 bridgehead atoms. The highest BCUT2D eigenvalue weighted by atomic mass is 32.1. The van der Waals surface area contributed by atoms with E-state index in [2.05, 4.69) is 0 Å². The van der Waals surface area contributed by atoms with Crippen molar-refractivity contribution in [2.45, 2.75) is 13.5 Å². The second-order valence-electron chi connectivity index (χ2n) is 5.59. The van der Waals surface area contributed by atoms with E-state index in [0.717, 1.165) is 22.2 Å². The second-order valence-corrected chi connectivity index (χ2v) is 5.99. The van der Waals surface area contributed by atoms with Gasteiger partial charge >= 0.3 is 5.97 Å². The largest absolute Gasteiger partial charge is 0.497 e. The zero-order valence-corrected chi connectivity index (χ0v) is 15.0. The first kappa shape index (κ1) is 17.2. The van der Waals surface area contributed by atoms with Crippen molar-refractivity contribution < 1.29 is 14.3 Å². The number of hydrogen-bond acceptors (Lipinski definition) is 4. The van der Waals surface area contributed by atoms with E-state index in [1.165, 1.54) is 0 Å². The molecular formula is C20H19NO3S. The van der Waals surface area contributed by atoms with Crippen LogP contribution >= 0.6 is 12.2 Å². The Bertz CT molecular complexity index is 961. The van der Waals surface area contributed by atoms with E-state index in [-0.39, 0.29) is 5.97 Å². The zero-order chi connectivity index (χ0) is 17.8. The summed E-state index contributed by atoms with van der Waals surface area (Å²) >= 11 is 5.51. The standard InChI is InChI=1S/C20H19NO3S/c1-3-24-20(22)17-13-21(12-14-8-10-15(23-2)11-9-14)18-7-5-4-6-16(18)19(17)25/h4-11,13H,3,12H2,1-2H3. The van der Waals surface area contributed by atoms with Crippen molar-refractivity contribution in [2.75, 3.05) is 13.7 Å². The fourth-order valence-electron chi connectivity index (χ4n) is 2.76. The van der Waals surface area contributed by atoms with Crippen LogP contribution in [0.4, 0.5) is 0 Å². The van der Waals surface area contributed by atoms with Gasteiger partial charge in [0.15, 0.2) is 0 Å². The summed E-state index contributed by atoms with van der Waals surface area (Å²) in [5.74, 6) is 0.425. The Hall–Kier alpha value is -2.66. The minimum absolute atomic E-state index is 0.318. The lowest BCUT2D eigenvalue weighted by Crippen LogP contribution is -2.11. The number of carbonyl (C=O) groups is 1. The normalized spacial score (nSPS) is 10.6. The summed E-state index contributed by atoms with van der Waals surface area (Å²) in [6.07, 6.45) is 1.78. The van der Waals surface area contributed by atoms with Crippen LogP contribution in [0.1, 0.15) is 22.8 Å². The average molecular weight is 353 g/mol. The first-order valence-corrected chi connectivity index (χ1v) is 8.47. The van der Waals surface area contributed by atoms with E-state index in [4.69, 9.17) is 21.7 Å². The topological polar surface area (TPSA) is 40.5 Å². The van der Waals surface area contributed by atoms with Gasteiger partial charge in [0.1, 0.15) is 5.75 Å². The third-order valence-electron chi connectivity index (χ3n) is 3.99. The molecule has 2 aromatic carbocycles. The van der Waals surface area contributed by atoms with Gasteiger partial charge in [-0.1, -0.05) is 42.5 Å². The fraction of sp³-hybridized carbons (Fsp3) is 0.200. The van der Waals surface area contributed by atoms with E-state index in [9.17, 15) is 4.79 Å². The molecule has 0 aliphatic heterocycles. The summed E-state index contributed by atoms with van der Waals surface area (Å²) in [5.41, 5.74) is 2.50. The SMILES string of the molecule is CCOC(=O)c1cn(Cc2ccc(OC)cc2)c2ccccc2c1=S. The third-order valence-corrected chi connectivity index (χ3v) is 4.43. The van der Waals surface area contributed by atoms with Crippen molar-refractivity contribution in [3.8, 4) is 5.75 Å². The molecule has 128 valence electrons. The summed E-state index contributed by atoms with van der Waals surface area (Å²) < 4.78 is 12.9. The number of nitrogens with zero attached hydrogens (tertiary/aromatic N) is 1. The first-order valence-electron chi connectivity index (χ1n) is 8.06. The Labute approximate surface area is 151 Å². The highest BCUT2D eigenvalue weighted by Gasteiger charge is 2.14. The van der Waals surface area contributed by atoms with Gasteiger partial charge in [0.05, 0.1) is 23.8 Å². The van der Waals surface area contributed by atoms with Gasteiger partial charge in [-0.2, -0.15) is 0 Å².